The third kappa shape index (κ3) is 3.06. The van der Waals surface area contributed by atoms with Crippen molar-refractivity contribution < 1.29 is 9.72 Å². The summed E-state index contributed by atoms with van der Waals surface area (Å²) in [7, 11) is 0. The highest BCUT2D eigenvalue weighted by atomic mass is 32.2. The van der Waals surface area contributed by atoms with E-state index in [2.05, 4.69) is 15.5 Å². The van der Waals surface area contributed by atoms with Crippen LogP contribution in [0.5, 0.6) is 0 Å². The van der Waals surface area contributed by atoms with Crippen LogP contribution in [0.15, 0.2) is 28.6 Å². The summed E-state index contributed by atoms with van der Waals surface area (Å²) < 4.78 is 0. The van der Waals surface area contributed by atoms with E-state index < -0.39 is 10.8 Å². The minimum Gasteiger partial charge on any atom is -0.296 e. The van der Waals surface area contributed by atoms with Gasteiger partial charge < -0.3 is 0 Å². The van der Waals surface area contributed by atoms with E-state index in [4.69, 9.17) is 0 Å². The third-order valence-corrected chi connectivity index (χ3v) is 3.56. The molecule has 0 radical (unpaired) electrons. The fourth-order valence-corrected chi connectivity index (χ4v) is 2.26. The standard InChI is InChI=1S/C10H8N4O3S2/c1-18-6-2-3-8(14(16)17)7(4-6)9(15)12-10-13-11-5-19-10/h2-5H,1H3,(H,12,13,15). The van der Waals surface area contributed by atoms with Gasteiger partial charge in [-0.1, -0.05) is 11.3 Å². The van der Waals surface area contributed by atoms with Gasteiger partial charge in [0, 0.05) is 11.0 Å². The Bertz CT molecular complexity index is 615. The zero-order valence-electron chi connectivity index (χ0n) is 9.69. The number of hydrogen-bond donors (Lipinski definition) is 1. The van der Waals surface area contributed by atoms with E-state index in [1.54, 1.807) is 6.07 Å². The van der Waals surface area contributed by atoms with Crippen molar-refractivity contribution in [2.75, 3.05) is 11.6 Å². The number of amides is 1. The van der Waals surface area contributed by atoms with Gasteiger partial charge in [0.05, 0.1) is 4.92 Å². The van der Waals surface area contributed by atoms with Gasteiger partial charge in [0.1, 0.15) is 11.1 Å². The number of carbonyl (C=O) groups is 1. The first-order chi connectivity index (χ1) is 9.11. The Morgan fingerprint density at radius 3 is 2.89 bits per heavy atom. The number of rotatable bonds is 4. The van der Waals surface area contributed by atoms with Crippen molar-refractivity contribution in [3.8, 4) is 0 Å². The number of nitrogens with one attached hydrogen (secondary N) is 1. The maximum absolute atomic E-state index is 12.0. The van der Waals surface area contributed by atoms with E-state index in [0.717, 1.165) is 16.2 Å². The first kappa shape index (κ1) is 13.4. The van der Waals surface area contributed by atoms with Crippen LogP contribution in [-0.2, 0) is 0 Å². The Balaban J connectivity index is 2.35. The summed E-state index contributed by atoms with van der Waals surface area (Å²) in [6.07, 6.45) is 1.83. The fourth-order valence-electron chi connectivity index (χ4n) is 1.38. The molecule has 0 saturated carbocycles. The van der Waals surface area contributed by atoms with E-state index >= 15 is 0 Å². The summed E-state index contributed by atoms with van der Waals surface area (Å²) in [6.45, 7) is 0. The van der Waals surface area contributed by atoms with Crippen LogP contribution < -0.4 is 5.32 Å². The predicted octanol–water partition coefficient (Wildman–Crippen LogP) is 2.42. The van der Waals surface area contributed by atoms with Crippen molar-refractivity contribution in [1.82, 2.24) is 10.2 Å². The first-order valence-electron chi connectivity index (χ1n) is 5.01. The lowest BCUT2D eigenvalue weighted by Gasteiger charge is -2.04. The van der Waals surface area contributed by atoms with Crippen LogP contribution >= 0.6 is 23.1 Å². The molecular weight excluding hydrogens is 288 g/mol. The molecule has 1 heterocycles. The molecular formula is C10H8N4O3S2. The summed E-state index contributed by atoms with van der Waals surface area (Å²) in [4.78, 5) is 23.1. The molecule has 19 heavy (non-hydrogen) atoms. The SMILES string of the molecule is CSc1ccc([N+](=O)[O-])c(C(=O)Nc2nncs2)c1. The van der Waals surface area contributed by atoms with Gasteiger partial charge in [0.2, 0.25) is 5.13 Å². The molecule has 1 aromatic heterocycles. The molecule has 0 aliphatic rings. The van der Waals surface area contributed by atoms with Crippen LogP contribution in [-0.4, -0.2) is 27.3 Å². The molecule has 0 aliphatic heterocycles. The zero-order chi connectivity index (χ0) is 13.8. The van der Waals surface area contributed by atoms with Crippen LogP contribution in [0.25, 0.3) is 0 Å². The topological polar surface area (TPSA) is 98.0 Å². The van der Waals surface area contributed by atoms with Crippen molar-refractivity contribution in [3.05, 3.63) is 39.4 Å². The normalized spacial score (nSPS) is 10.2. The third-order valence-electron chi connectivity index (χ3n) is 2.23. The van der Waals surface area contributed by atoms with Crippen LogP contribution in [0.4, 0.5) is 10.8 Å². The monoisotopic (exact) mass is 296 g/mol. The highest BCUT2D eigenvalue weighted by Gasteiger charge is 2.21. The molecule has 0 atom stereocenters. The number of nitro benzene ring substituents is 1. The molecule has 1 amide bonds. The highest BCUT2D eigenvalue weighted by molar-refractivity contribution is 7.98. The Morgan fingerprint density at radius 1 is 1.53 bits per heavy atom. The molecule has 0 unspecified atom stereocenters. The van der Waals surface area contributed by atoms with E-state index in [-0.39, 0.29) is 11.3 Å². The lowest BCUT2D eigenvalue weighted by Crippen LogP contribution is -2.14. The second-order valence-corrected chi connectivity index (χ2v) is 5.05. The number of aromatic nitrogens is 2. The van der Waals surface area contributed by atoms with Gasteiger partial charge in [0.25, 0.3) is 11.6 Å². The number of nitro groups is 1. The van der Waals surface area contributed by atoms with Gasteiger partial charge in [0.15, 0.2) is 0 Å². The van der Waals surface area contributed by atoms with E-state index in [1.165, 1.54) is 29.4 Å². The summed E-state index contributed by atoms with van der Waals surface area (Å²) in [5, 5.41) is 20.9. The molecule has 0 spiro atoms. The van der Waals surface area contributed by atoms with Gasteiger partial charge in [-0.2, -0.15) is 0 Å². The smallest absolute Gasteiger partial charge is 0.282 e. The summed E-state index contributed by atoms with van der Waals surface area (Å²) in [5.74, 6) is -0.570. The molecule has 0 saturated heterocycles. The number of anilines is 1. The van der Waals surface area contributed by atoms with Gasteiger partial charge in [-0.05, 0) is 18.4 Å². The summed E-state index contributed by atoms with van der Waals surface area (Å²) in [6, 6.07) is 4.41. The van der Waals surface area contributed by atoms with Crippen LogP contribution in [0.1, 0.15) is 10.4 Å². The Labute approximate surface area is 116 Å². The lowest BCUT2D eigenvalue weighted by molar-refractivity contribution is -0.385. The first-order valence-corrected chi connectivity index (χ1v) is 7.12. The maximum Gasteiger partial charge on any atom is 0.282 e. The number of thioether (sulfide) groups is 1. The maximum atomic E-state index is 12.0. The van der Waals surface area contributed by atoms with E-state index in [0.29, 0.717) is 5.13 Å². The molecule has 0 aliphatic carbocycles. The van der Waals surface area contributed by atoms with Gasteiger partial charge in [-0.25, -0.2) is 0 Å². The molecule has 1 aromatic carbocycles. The quantitative estimate of drug-likeness (QED) is 0.528. The van der Waals surface area contributed by atoms with E-state index in [9.17, 15) is 14.9 Å². The second-order valence-electron chi connectivity index (χ2n) is 3.34. The summed E-state index contributed by atoms with van der Waals surface area (Å²) >= 11 is 2.54. The Kier molecular flexibility index (Phi) is 4.07. The predicted molar refractivity (Wildman–Crippen MR) is 72.7 cm³/mol. The number of nitrogens with zero attached hydrogens (tertiary/aromatic N) is 3. The fraction of sp³-hybridized carbons (Fsp3) is 0.100. The van der Waals surface area contributed by atoms with Crippen molar-refractivity contribution in [2.45, 2.75) is 4.90 Å². The molecule has 0 bridgehead atoms. The molecule has 0 fully saturated rings. The van der Waals surface area contributed by atoms with E-state index in [1.807, 2.05) is 6.26 Å². The molecule has 1 N–H and O–H groups in total. The Hall–Kier alpha value is -2.00. The lowest BCUT2D eigenvalue weighted by atomic mass is 10.1. The number of carbonyl (C=O) groups excluding carboxylic acids is 1. The van der Waals surface area contributed by atoms with Crippen LogP contribution in [0, 0.1) is 10.1 Å². The van der Waals surface area contributed by atoms with Crippen molar-refractivity contribution in [1.29, 1.82) is 0 Å². The van der Waals surface area contributed by atoms with Crippen LogP contribution in [0.2, 0.25) is 0 Å². The second kappa shape index (κ2) is 5.76. The Morgan fingerprint density at radius 2 is 2.32 bits per heavy atom. The largest absolute Gasteiger partial charge is 0.296 e. The highest BCUT2D eigenvalue weighted by Crippen LogP contribution is 2.25. The van der Waals surface area contributed by atoms with Crippen molar-refractivity contribution >= 4 is 39.8 Å². The molecule has 7 nitrogen and oxygen atoms in total. The van der Waals surface area contributed by atoms with Gasteiger partial charge >= 0.3 is 0 Å². The molecule has 2 aromatic rings. The molecule has 98 valence electrons. The number of hydrogen-bond acceptors (Lipinski definition) is 7. The summed E-state index contributed by atoms with van der Waals surface area (Å²) in [5.41, 5.74) is 1.23. The van der Waals surface area contributed by atoms with Gasteiger partial charge in [-0.3, -0.25) is 20.2 Å². The van der Waals surface area contributed by atoms with Gasteiger partial charge in [-0.15, -0.1) is 22.0 Å². The molecule has 9 heteroatoms. The number of benzene rings is 1. The average Bonchev–Trinajstić information content (AvgIpc) is 2.90. The minimum atomic E-state index is -0.584. The van der Waals surface area contributed by atoms with Crippen molar-refractivity contribution in [3.63, 3.8) is 0 Å². The van der Waals surface area contributed by atoms with Crippen LogP contribution in [0.3, 0.4) is 0 Å². The minimum absolute atomic E-state index is 0.00653. The van der Waals surface area contributed by atoms with Crippen molar-refractivity contribution in [2.24, 2.45) is 0 Å². The zero-order valence-corrected chi connectivity index (χ0v) is 11.3. The average molecular weight is 296 g/mol. The molecule has 2 rings (SSSR count).